The summed E-state index contributed by atoms with van der Waals surface area (Å²) in [6.07, 6.45) is -0.824. The maximum Gasteiger partial charge on any atom is 0.411 e. The van der Waals surface area contributed by atoms with E-state index in [2.05, 4.69) is 17.4 Å². The van der Waals surface area contributed by atoms with Gasteiger partial charge in [0.2, 0.25) is 0 Å². The first kappa shape index (κ1) is 24.0. The molecular weight excluding hydrogens is 444 g/mol. The van der Waals surface area contributed by atoms with Gasteiger partial charge in [-0.2, -0.15) is 0 Å². The van der Waals surface area contributed by atoms with Gasteiger partial charge in [0.1, 0.15) is 6.61 Å². The average Bonchev–Trinajstić information content (AvgIpc) is 3.17. The topological polar surface area (TPSA) is 95.9 Å². The van der Waals surface area contributed by atoms with Crippen LogP contribution in [0.4, 0.5) is 10.5 Å². The highest BCUT2D eigenvalue weighted by atomic mass is 16.5. The first-order valence-corrected chi connectivity index (χ1v) is 11.6. The van der Waals surface area contributed by atoms with Crippen molar-refractivity contribution in [2.75, 3.05) is 18.5 Å². The minimum atomic E-state index is -0.978. The largest absolute Gasteiger partial charge is 0.481 e. The molecule has 1 aliphatic rings. The number of carbonyl (C=O) groups is 3. The molecule has 7 heteroatoms. The van der Waals surface area contributed by atoms with Crippen molar-refractivity contribution in [3.05, 3.63) is 89.5 Å². The van der Waals surface area contributed by atoms with Gasteiger partial charge < -0.3 is 14.7 Å². The number of benzene rings is 3. The van der Waals surface area contributed by atoms with Crippen molar-refractivity contribution in [1.82, 2.24) is 4.90 Å². The van der Waals surface area contributed by atoms with Crippen LogP contribution in [0.15, 0.2) is 72.8 Å². The molecule has 7 nitrogen and oxygen atoms in total. The zero-order chi connectivity index (χ0) is 24.9. The lowest BCUT2D eigenvalue weighted by Gasteiger charge is -2.28. The monoisotopic (exact) mass is 472 g/mol. The van der Waals surface area contributed by atoms with E-state index < -0.39 is 18.1 Å². The van der Waals surface area contributed by atoms with Gasteiger partial charge in [-0.15, -0.1) is 0 Å². The van der Waals surface area contributed by atoms with Crippen molar-refractivity contribution in [1.29, 1.82) is 0 Å². The summed E-state index contributed by atoms with van der Waals surface area (Å²) in [5.74, 6) is -1.40. The Hall–Kier alpha value is -4.13. The number of carboxylic acids is 1. The van der Waals surface area contributed by atoms with Gasteiger partial charge in [-0.1, -0.05) is 60.7 Å². The maximum absolute atomic E-state index is 13.2. The molecular formula is C28H28N2O5. The lowest BCUT2D eigenvalue weighted by Crippen LogP contribution is -2.40. The number of hydrogen-bond acceptors (Lipinski definition) is 4. The van der Waals surface area contributed by atoms with Crippen LogP contribution in [0.1, 0.15) is 47.7 Å². The van der Waals surface area contributed by atoms with Crippen LogP contribution >= 0.6 is 0 Å². The lowest BCUT2D eigenvalue weighted by atomic mass is 9.98. The molecule has 2 N–H and O–H groups in total. The number of hydrogen-bond donors (Lipinski definition) is 2. The Labute approximate surface area is 204 Å². The van der Waals surface area contributed by atoms with E-state index in [9.17, 15) is 14.4 Å². The third kappa shape index (κ3) is 5.04. The van der Waals surface area contributed by atoms with Crippen molar-refractivity contribution in [3.8, 4) is 11.1 Å². The van der Waals surface area contributed by atoms with Crippen LogP contribution < -0.4 is 5.32 Å². The standard InChI is InChI=1S/C28H28N2O5/c1-3-30(18(2)16-26(31)32)27(33)23-14-8-9-15-25(23)29-28(34)35-17-24-21-12-6-4-10-19(21)20-11-5-7-13-22(20)24/h4-15,18,24H,3,16-17H2,1-2H3,(H,29,34)(H,31,32). The van der Waals surface area contributed by atoms with Gasteiger partial charge in [-0.25, -0.2) is 4.79 Å². The second-order valence-electron chi connectivity index (χ2n) is 8.53. The fourth-order valence-corrected chi connectivity index (χ4v) is 4.70. The Kier molecular flexibility index (Phi) is 7.15. The molecule has 2 amide bonds. The van der Waals surface area contributed by atoms with E-state index in [1.54, 1.807) is 38.1 Å². The van der Waals surface area contributed by atoms with E-state index in [0.717, 1.165) is 22.3 Å². The molecule has 0 bridgehead atoms. The summed E-state index contributed by atoms with van der Waals surface area (Å²) in [5.41, 5.74) is 5.10. The number of anilines is 1. The Bertz CT molecular complexity index is 1210. The highest BCUT2D eigenvalue weighted by Crippen LogP contribution is 2.44. The van der Waals surface area contributed by atoms with Gasteiger partial charge >= 0.3 is 12.1 Å². The van der Waals surface area contributed by atoms with E-state index in [1.807, 2.05) is 36.4 Å². The van der Waals surface area contributed by atoms with E-state index in [-0.39, 0.29) is 30.4 Å². The number of rotatable bonds is 8. The molecule has 35 heavy (non-hydrogen) atoms. The second kappa shape index (κ2) is 10.4. The maximum atomic E-state index is 13.2. The minimum Gasteiger partial charge on any atom is -0.481 e. The molecule has 3 aromatic carbocycles. The molecule has 1 aliphatic carbocycles. The van der Waals surface area contributed by atoms with Gasteiger partial charge in [-0.05, 0) is 48.2 Å². The quantitative estimate of drug-likeness (QED) is 0.459. The number of amides is 2. The van der Waals surface area contributed by atoms with E-state index in [0.29, 0.717) is 12.2 Å². The van der Waals surface area contributed by atoms with E-state index >= 15 is 0 Å². The molecule has 0 saturated carbocycles. The molecule has 0 aromatic heterocycles. The molecule has 0 spiro atoms. The third-order valence-corrected chi connectivity index (χ3v) is 6.34. The van der Waals surface area contributed by atoms with Crippen molar-refractivity contribution in [2.45, 2.75) is 32.2 Å². The lowest BCUT2D eigenvalue weighted by molar-refractivity contribution is -0.138. The first-order valence-electron chi connectivity index (χ1n) is 11.6. The molecule has 4 rings (SSSR count). The molecule has 180 valence electrons. The summed E-state index contributed by atoms with van der Waals surface area (Å²) in [6, 6.07) is 22.3. The molecule has 1 atom stereocenters. The van der Waals surface area contributed by atoms with Crippen LogP contribution in [-0.2, 0) is 9.53 Å². The van der Waals surface area contributed by atoms with Gasteiger partial charge in [0.25, 0.3) is 5.91 Å². The summed E-state index contributed by atoms with van der Waals surface area (Å²) in [4.78, 5) is 38.5. The Morgan fingerprint density at radius 3 is 2.11 bits per heavy atom. The van der Waals surface area contributed by atoms with Crippen LogP contribution in [0.25, 0.3) is 11.1 Å². The first-order chi connectivity index (χ1) is 16.9. The number of aliphatic carboxylic acids is 1. The average molecular weight is 473 g/mol. The van der Waals surface area contributed by atoms with Crippen molar-refractivity contribution in [2.24, 2.45) is 0 Å². The fraction of sp³-hybridized carbons (Fsp3) is 0.250. The van der Waals surface area contributed by atoms with Crippen LogP contribution in [-0.4, -0.2) is 47.2 Å². The van der Waals surface area contributed by atoms with Crippen LogP contribution in [0, 0.1) is 0 Å². The third-order valence-electron chi connectivity index (χ3n) is 6.34. The molecule has 3 aromatic rings. The fourth-order valence-electron chi connectivity index (χ4n) is 4.70. The SMILES string of the molecule is CCN(C(=O)c1ccccc1NC(=O)OCC1c2ccccc2-c2ccccc21)C(C)CC(=O)O. The Morgan fingerprint density at radius 2 is 1.51 bits per heavy atom. The summed E-state index contributed by atoms with van der Waals surface area (Å²) in [6.45, 7) is 3.98. The van der Waals surface area contributed by atoms with Crippen LogP contribution in [0.3, 0.4) is 0 Å². The molecule has 1 unspecified atom stereocenters. The number of para-hydroxylation sites is 1. The molecule has 0 fully saturated rings. The van der Waals surface area contributed by atoms with Gasteiger partial charge in [-0.3, -0.25) is 14.9 Å². The number of carboxylic acid groups (broad SMARTS) is 1. The van der Waals surface area contributed by atoms with Crippen LogP contribution in [0.2, 0.25) is 0 Å². The molecule has 0 aliphatic heterocycles. The van der Waals surface area contributed by atoms with E-state index in [1.165, 1.54) is 4.90 Å². The summed E-state index contributed by atoms with van der Waals surface area (Å²) in [5, 5.41) is 11.8. The summed E-state index contributed by atoms with van der Waals surface area (Å²) < 4.78 is 5.61. The van der Waals surface area contributed by atoms with Gasteiger partial charge in [0, 0.05) is 18.5 Å². The van der Waals surface area contributed by atoms with Crippen LogP contribution in [0.5, 0.6) is 0 Å². The highest BCUT2D eigenvalue weighted by Gasteiger charge is 2.29. The number of nitrogens with zero attached hydrogens (tertiary/aromatic N) is 1. The minimum absolute atomic E-state index is 0.0718. The number of nitrogens with one attached hydrogen (secondary N) is 1. The normalized spacial score (nSPS) is 12.9. The predicted octanol–water partition coefficient (Wildman–Crippen LogP) is 5.37. The zero-order valence-corrected chi connectivity index (χ0v) is 19.7. The number of fused-ring (bicyclic) bond motifs is 3. The molecule has 0 heterocycles. The van der Waals surface area contributed by atoms with E-state index in [4.69, 9.17) is 9.84 Å². The van der Waals surface area contributed by atoms with Gasteiger partial charge in [0.05, 0.1) is 17.7 Å². The summed E-state index contributed by atoms with van der Waals surface area (Å²) >= 11 is 0. The molecule has 0 radical (unpaired) electrons. The van der Waals surface area contributed by atoms with Crippen molar-refractivity contribution >= 4 is 23.7 Å². The summed E-state index contributed by atoms with van der Waals surface area (Å²) in [7, 11) is 0. The van der Waals surface area contributed by atoms with Gasteiger partial charge in [0.15, 0.2) is 0 Å². The highest BCUT2D eigenvalue weighted by molar-refractivity contribution is 6.02. The molecule has 0 saturated heterocycles. The predicted molar refractivity (Wildman–Crippen MR) is 134 cm³/mol. The number of carbonyl (C=O) groups excluding carboxylic acids is 2. The second-order valence-corrected chi connectivity index (χ2v) is 8.53. The smallest absolute Gasteiger partial charge is 0.411 e. The van der Waals surface area contributed by atoms with Crippen molar-refractivity contribution in [3.63, 3.8) is 0 Å². The number of ether oxygens (including phenoxy) is 1. The van der Waals surface area contributed by atoms with Crippen molar-refractivity contribution < 1.29 is 24.2 Å². The zero-order valence-electron chi connectivity index (χ0n) is 19.7. The Morgan fingerprint density at radius 1 is 0.943 bits per heavy atom. The Balaban J connectivity index is 1.47.